The first-order chi connectivity index (χ1) is 13.8. The summed E-state index contributed by atoms with van der Waals surface area (Å²) < 4.78 is 33.5. The Morgan fingerprint density at radius 2 is 1.90 bits per heavy atom. The van der Waals surface area contributed by atoms with E-state index in [2.05, 4.69) is 17.0 Å². The van der Waals surface area contributed by atoms with E-state index in [4.69, 9.17) is 32.1 Å². The Labute approximate surface area is 182 Å². The van der Waals surface area contributed by atoms with Gasteiger partial charge in [0, 0.05) is 18.5 Å². The minimum atomic E-state index is -3.46. The zero-order chi connectivity index (χ0) is 20.9. The molecule has 1 atom stereocenters. The van der Waals surface area contributed by atoms with E-state index in [1.54, 1.807) is 6.07 Å². The van der Waals surface area contributed by atoms with Crippen molar-refractivity contribution in [1.29, 1.82) is 0 Å². The molecule has 0 spiro atoms. The summed E-state index contributed by atoms with van der Waals surface area (Å²) in [6, 6.07) is 15.9. The van der Waals surface area contributed by atoms with E-state index < -0.39 is 10.1 Å². The lowest BCUT2D eigenvalue weighted by Crippen LogP contribution is -2.50. The first kappa shape index (κ1) is 22.5. The van der Waals surface area contributed by atoms with Crippen LogP contribution in [-0.2, 0) is 31.0 Å². The van der Waals surface area contributed by atoms with Crippen molar-refractivity contribution in [2.75, 3.05) is 32.7 Å². The number of rotatable bonds is 8. The van der Waals surface area contributed by atoms with Crippen LogP contribution in [0.1, 0.15) is 24.0 Å². The van der Waals surface area contributed by atoms with Crippen LogP contribution in [0.15, 0.2) is 48.5 Å². The third-order valence-electron chi connectivity index (χ3n) is 5.06. The van der Waals surface area contributed by atoms with Crippen LogP contribution in [0.25, 0.3) is 0 Å². The Bertz CT molecular complexity index is 924. The molecule has 0 amide bonds. The molecule has 1 aliphatic heterocycles. The normalized spacial score (nSPS) is 20.7. The average molecular weight is 458 g/mol. The third-order valence-corrected chi connectivity index (χ3v) is 6.39. The zero-order valence-electron chi connectivity index (χ0n) is 16.3. The first-order valence-corrected chi connectivity index (χ1v) is 12.0. The molecule has 0 aliphatic carbocycles. The van der Waals surface area contributed by atoms with E-state index >= 15 is 0 Å². The minimum Gasteiger partial charge on any atom is -0.365 e. The number of hydrogen-bond acceptors (Lipinski definition) is 5. The highest BCUT2D eigenvalue weighted by Crippen LogP contribution is 2.37. The molecule has 5 nitrogen and oxygen atoms in total. The van der Waals surface area contributed by atoms with Gasteiger partial charge in [-0.15, -0.1) is 0 Å². The second-order valence-corrected chi connectivity index (χ2v) is 9.95. The number of halogens is 2. The first-order valence-electron chi connectivity index (χ1n) is 9.41. The molecule has 0 radical (unpaired) electrons. The molecule has 0 saturated carbocycles. The Hall–Kier alpha value is -1.15. The van der Waals surface area contributed by atoms with Crippen molar-refractivity contribution in [3.05, 3.63) is 69.7 Å². The van der Waals surface area contributed by atoms with Crippen molar-refractivity contribution in [2.24, 2.45) is 0 Å². The smallest absolute Gasteiger partial charge is 0.264 e. The molecule has 1 aliphatic rings. The van der Waals surface area contributed by atoms with Gasteiger partial charge in [-0.3, -0.25) is 9.08 Å². The van der Waals surface area contributed by atoms with Gasteiger partial charge in [0.1, 0.15) is 0 Å². The SMILES string of the molecule is CS(=O)(=O)OCCCC1(c2ccc(Cl)c(Cl)c2)COCN(Cc2ccccc2)C1. The molecule has 0 N–H and O–H groups in total. The van der Waals surface area contributed by atoms with Gasteiger partial charge in [-0.2, -0.15) is 8.42 Å². The predicted octanol–water partition coefficient (Wildman–Crippen LogP) is 4.48. The average Bonchev–Trinajstić information content (AvgIpc) is 2.68. The van der Waals surface area contributed by atoms with E-state index in [9.17, 15) is 8.42 Å². The molecule has 1 heterocycles. The molecule has 158 valence electrons. The van der Waals surface area contributed by atoms with Crippen molar-refractivity contribution in [1.82, 2.24) is 4.90 Å². The zero-order valence-corrected chi connectivity index (χ0v) is 18.6. The summed E-state index contributed by atoms with van der Waals surface area (Å²) in [5.74, 6) is 0. The molecule has 1 saturated heterocycles. The standard InChI is InChI=1S/C21H25Cl2NO4S/c1-29(25,26)28-11-5-10-21(18-8-9-19(22)20(23)12-18)14-24(16-27-15-21)13-17-6-3-2-4-7-17/h2-4,6-9,12H,5,10-11,13-16H2,1H3. The summed E-state index contributed by atoms with van der Waals surface area (Å²) in [5, 5.41) is 1.000. The fourth-order valence-electron chi connectivity index (χ4n) is 3.75. The fourth-order valence-corrected chi connectivity index (χ4v) is 4.47. The van der Waals surface area contributed by atoms with Crippen LogP contribution >= 0.6 is 23.2 Å². The van der Waals surface area contributed by atoms with E-state index in [-0.39, 0.29) is 12.0 Å². The van der Waals surface area contributed by atoms with Crippen molar-refractivity contribution in [3.63, 3.8) is 0 Å². The van der Waals surface area contributed by atoms with Crippen molar-refractivity contribution in [3.8, 4) is 0 Å². The number of benzene rings is 2. The Kier molecular flexibility index (Phi) is 7.59. The molecular weight excluding hydrogens is 433 g/mol. The highest BCUT2D eigenvalue weighted by Gasteiger charge is 2.38. The predicted molar refractivity (Wildman–Crippen MR) is 116 cm³/mol. The van der Waals surface area contributed by atoms with Gasteiger partial charge in [0.2, 0.25) is 0 Å². The Balaban J connectivity index is 1.80. The van der Waals surface area contributed by atoms with Gasteiger partial charge < -0.3 is 4.74 Å². The molecular formula is C21H25Cl2NO4S. The molecule has 2 aromatic carbocycles. The van der Waals surface area contributed by atoms with Crippen molar-refractivity contribution < 1.29 is 17.3 Å². The van der Waals surface area contributed by atoms with Gasteiger partial charge in [0.05, 0.1) is 36.2 Å². The molecule has 8 heteroatoms. The molecule has 2 aromatic rings. The quantitative estimate of drug-likeness (QED) is 0.432. The van der Waals surface area contributed by atoms with Gasteiger partial charge >= 0.3 is 0 Å². The summed E-state index contributed by atoms with van der Waals surface area (Å²) in [5.41, 5.74) is 1.91. The molecule has 3 rings (SSSR count). The maximum absolute atomic E-state index is 11.3. The van der Waals surface area contributed by atoms with Gasteiger partial charge in [0.25, 0.3) is 10.1 Å². The lowest BCUT2D eigenvalue weighted by Gasteiger charge is -2.43. The Morgan fingerprint density at radius 3 is 2.59 bits per heavy atom. The molecule has 0 bridgehead atoms. The summed E-state index contributed by atoms with van der Waals surface area (Å²) in [4.78, 5) is 2.25. The third kappa shape index (κ3) is 6.41. The number of hydrogen-bond donors (Lipinski definition) is 0. The summed E-state index contributed by atoms with van der Waals surface area (Å²) in [6.07, 6.45) is 2.34. The van der Waals surface area contributed by atoms with Crippen LogP contribution in [0.2, 0.25) is 10.0 Å². The van der Waals surface area contributed by atoms with Gasteiger partial charge in [-0.25, -0.2) is 0 Å². The Morgan fingerprint density at radius 1 is 1.14 bits per heavy atom. The van der Waals surface area contributed by atoms with Crippen LogP contribution in [-0.4, -0.2) is 46.1 Å². The van der Waals surface area contributed by atoms with Gasteiger partial charge in [-0.05, 0) is 36.1 Å². The van der Waals surface area contributed by atoms with Gasteiger partial charge in [-0.1, -0.05) is 59.6 Å². The van der Waals surface area contributed by atoms with Crippen molar-refractivity contribution in [2.45, 2.75) is 24.8 Å². The van der Waals surface area contributed by atoms with E-state index in [0.717, 1.165) is 24.9 Å². The second kappa shape index (κ2) is 9.77. The summed E-state index contributed by atoms with van der Waals surface area (Å²) in [6.45, 7) is 2.73. The topological polar surface area (TPSA) is 55.8 Å². The van der Waals surface area contributed by atoms with Crippen LogP contribution < -0.4 is 0 Å². The van der Waals surface area contributed by atoms with Gasteiger partial charge in [0.15, 0.2) is 0 Å². The van der Waals surface area contributed by atoms with E-state index in [1.165, 1.54) is 5.56 Å². The summed E-state index contributed by atoms with van der Waals surface area (Å²) in [7, 11) is -3.46. The minimum absolute atomic E-state index is 0.139. The second-order valence-electron chi connectivity index (χ2n) is 7.49. The summed E-state index contributed by atoms with van der Waals surface area (Å²) >= 11 is 12.4. The molecule has 1 unspecified atom stereocenters. The maximum Gasteiger partial charge on any atom is 0.264 e. The lowest BCUT2D eigenvalue weighted by molar-refractivity contribution is -0.0683. The van der Waals surface area contributed by atoms with Crippen LogP contribution in [0.3, 0.4) is 0 Å². The molecule has 1 fully saturated rings. The highest BCUT2D eigenvalue weighted by atomic mass is 35.5. The number of ether oxygens (including phenoxy) is 1. The maximum atomic E-state index is 11.3. The largest absolute Gasteiger partial charge is 0.365 e. The highest BCUT2D eigenvalue weighted by molar-refractivity contribution is 7.85. The van der Waals surface area contributed by atoms with Crippen LogP contribution in [0.5, 0.6) is 0 Å². The fraction of sp³-hybridized carbons (Fsp3) is 0.429. The molecule has 0 aromatic heterocycles. The van der Waals surface area contributed by atoms with Crippen LogP contribution in [0, 0.1) is 0 Å². The number of nitrogens with zero attached hydrogens (tertiary/aromatic N) is 1. The molecule has 29 heavy (non-hydrogen) atoms. The van der Waals surface area contributed by atoms with Crippen LogP contribution in [0.4, 0.5) is 0 Å². The van der Waals surface area contributed by atoms with E-state index in [0.29, 0.717) is 36.2 Å². The monoisotopic (exact) mass is 457 g/mol. The lowest BCUT2D eigenvalue weighted by atomic mass is 9.76. The van der Waals surface area contributed by atoms with E-state index in [1.807, 2.05) is 30.3 Å². The van der Waals surface area contributed by atoms with Crippen molar-refractivity contribution >= 4 is 33.3 Å².